The molecular weight excluding hydrogens is 230 g/mol. The van der Waals surface area contributed by atoms with E-state index in [0.717, 1.165) is 18.7 Å². The van der Waals surface area contributed by atoms with E-state index in [0.29, 0.717) is 5.56 Å². The van der Waals surface area contributed by atoms with Gasteiger partial charge in [0.25, 0.3) is 5.69 Å². The fourth-order valence-electron chi connectivity index (χ4n) is 1.78. The van der Waals surface area contributed by atoms with Crippen LogP contribution in [0.3, 0.4) is 0 Å². The third-order valence-corrected chi connectivity index (χ3v) is 3.23. The SMILES string of the molecule is CCCNC(C)C(C)c1cc([N+](=O)[O-])c(C)cn1. The summed E-state index contributed by atoms with van der Waals surface area (Å²) in [5.41, 5.74) is 1.52. The van der Waals surface area contributed by atoms with E-state index in [4.69, 9.17) is 0 Å². The van der Waals surface area contributed by atoms with Gasteiger partial charge in [-0.05, 0) is 26.8 Å². The molecule has 0 amide bonds. The van der Waals surface area contributed by atoms with Gasteiger partial charge in [-0.2, -0.15) is 0 Å². The lowest BCUT2D eigenvalue weighted by molar-refractivity contribution is -0.385. The molecule has 5 heteroatoms. The Morgan fingerprint density at radius 2 is 2.17 bits per heavy atom. The van der Waals surface area contributed by atoms with E-state index in [1.165, 1.54) is 0 Å². The lowest BCUT2D eigenvalue weighted by atomic mass is 9.98. The van der Waals surface area contributed by atoms with Gasteiger partial charge in [0.05, 0.1) is 10.6 Å². The van der Waals surface area contributed by atoms with E-state index < -0.39 is 0 Å². The molecule has 0 aliphatic heterocycles. The first kappa shape index (κ1) is 14.6. The van der Waals surface area contributed by atoms with Crippen LogP contribution < -0.4 is 5.32 Å². The van der Waals surface area contributed by atoms with Gasteiger partial charge in [0.15, 0.2) is 0 Å². The Labute approximate surface area is 108 Å². The molecule has 5 nitrogen and oxygen atoms in total. The maximum atomic E-state index is 10.9. The maximum absolute atomic E-state index is 10.9. The molecule has 0 aliphatic rings. The highest BCUT2D eigenvalue weighted by Gasteiger charge is 2.19. The second-order valence-corrected chi connectivity index (χ2v) is 4.68. The third kappa shape index (κ3) is 3.50. The zero-order valence-corrected chi connectivity index (χ0v) is 11.4. The van der Waals surface area contributed by atoms with Gasteiger partial charge in [-0.25, -0.2) is 0 Å². The zero-order valence-electron chi connectivity index (χ0n) is 11.4. The Bertz CT molecular complexity index is 421. The van der Waals surface area contributed by atoms with Crippen LogP contribution in [-0.2, 0) is 0 Å². The molecule has 0 radical (unpaired) electrons. The van der Waals surface area contributed by atoms with Gasteiger partial charge in [0.1, 0.15) is 0 Å². The quantitative estimate of drug-likeness (QED) is 0.623. The smallest absolute Gasteiger partial charge is 0.275 e. The fraction of sp³-hybridized carbons (Fsp3) is 0.615. The van der Waals surface area contributed by atoms with Crippen LogP contribution >= 0.6 is 0 Å². The van der Waals surface area contributed by atoms with Crippen molar-refractivity contribution < 1.29 is 4.92 Å². The predicted molar refractivity (Wildman–Crippen MR) is 71.8 cm³/mol. The monoisotopic (exact) mass is 251 g/mol. The number of nitrogens with zero attached hydrogens (tertiary/aromatic N) is 2. The molecule has 0 aromatic carbocycles. The summed E-state index contributed by atoms with van der Waals surface area (Å²) in [5.74, 6) is 0.149. The second-order valence-electron chi connectivity index (χ2n) is 4.68. The van der Waals surface area contributed by atoms with Gasteiger partial charge >= 0.3 is 0 Å². The fourth-order valence-corrected chi connectivity index (χ4v) is 1.78. The summed E-state index contributed by atoms with van der Waals surface area (Å²) in [6.45, 7) is 8.87. The van der Waals surface area contributed by atoms with Gasteiger partial charge in [-0.3, -0.25) is 15.1 Å². The van der Waals surface area contributed by atoms with E-state index >= 15 is 0 Å². The zero-order chi connectivity index (χ0) is 13.7. The number of rotatable bonds is 6. The summed E-state index contributed by atoms with van der Waals surface area (Å²) in [6, 6.07) is 1.84. The summed E-state index contributed by atoms with van der Waals surface area (Å²) in [4.78, 5) is 14.9. The molecule has 0 aliphatic carbocycles. The molecule has 0 fully saturated rings. The van der Waals surface area contributed by atoms with Crippen molar-refractivity contribution in [1.29, 1.82) is 0 Å². The van der Waals surface area contributed by atoms with E-state index in [9.17, 15) is 10.1 Å². The Hall–Kier alpha value is -1.49. The lowest BCUT2D eigenvalue weighted by Gasteiger charge is -2.20. The molecule has 1 aromatic rings. The molecule has 2 atom stereocenters. The summed E-state index contributed by atoms with van der Waals surface area (Å²) in [5, 5.41) is 14.3. The first-order valence-electron chi connectivity index (χ1n) is 6.31. The average Bonchev–Trinajstić information content (AvgIpc) is 2.35. The van der Waals surface area contributed by atoms with Gasteiger partial charge in [0.2, 0.25) is 0 Å². The largest absolute Gasteiger partial charge is 0.314 e. The minimum absolute atomic E-state index is 0.148. The molecule has 1 heterocycles. The summed E-state index contributed by atoms with van der Waals surface area (Å²) < 4.78 is 0. The number of nitro groups is 1. The molecule has 18 heavy (non-hydrogen) atoms. The molecule has 0 spiro atoms. The van der Waals surface area contributed by atoms with Crippen molar-refractivity contribution in [2.75, 3.05) is 6.54 Å². The molecule has 2 unspecified atom stereocenters. The Balaban J connectivity index is 2.89. The highest BCUT2D eigenvalue weighted by molar-refractivity contribution is 5.39. The summed E-state index contributed by atoms with van der Waals surface area (Å²) in [6.07, 6.45) is 2.65. The molecule has 100 valence electrons. The van der Waals surface area contributed by atoms with Crippen LogP contribution in [0.5, 0.6) is 0 Å². The molecule has 0 bridgehead atoms. The van der Waals surface area contributed by atoms with E-state index in [1.54, 1.807) is 19.2 Å². The van der Waals surface area contributed by atoms with Crippen molar-refractivity contribution in [3.63, 3.8) is 0 Å². The Morgan fingerprint density at radius 1 is 1.50 bits per heavy atom. The van der Waals surface area contributed by atoms with Crippen molar-refractivity contribution in [3.8, 4) is 0 Å². The van der Waals surface area contributed by atoms with Crippen LogP contribution in [0.15, 0.2) is 12.3 Å². The number of aromatic nitrogens is 1. The average molecular weight is 251 g/mol. The van der Waals surface area contributed by atoms with Crippen LogP contribution in [-0.4, -0.2) is 22.5 Å². The van der Waals surface area contributed by atoms with E-state index in [1.807, 2.05) is 6.92 Å². The molecule has 0 saturated heterocycles. The van der Waals surface area contributed by atoms with Crippen LogP contribution in [0, 0.1) is 17.0 Å². The van der Waals surface area contributed by atoms with Crippen LogP contribution in [0.2, 0.25) is 0 Å². The first-order chi connectivity index (χ1) is 8.47. The normalized spacial score (nSPS) is 14.2. The maximum Gasteiger partial charge on any atom is 0.275 e. The van der Waals surface area contributed by atoms with E-state index in [2.05, 4.69) is 24.1 Å². The van der Waals surface area contributed by atoms with Crippen molar-refractivity contribution >= 4 is 5.69 Å². The van der Waals surface area contributed by atoms with Crippen molar-refractivity contribution in [2.45, 2.75) is 46.1 Å². The van der Waals surface area contributed by atoms with Gasteiger partial charge in [-0.1, -0.05) is 13.8 Å². The molecule has 1 rings (SSSR count). The van der Waals surface area contributed by atoms with Gasteiger partial charge < -0.3 is 5.32 Å². The second kappa shape index (κ2) is 6.44. The number of hydrogen-bond acceptors (Lipinski definition) is 4. The van der Waals surface area contributed by atoms with Gasteiger partial charge in [-0.15, -0.1) is 0 Å². The Kier molecular flexibility index (Phi) is 5.22. The molecule has 1 aromatic heterocycles. The van der Waals surface area contributed by atoms with Crippen molar-refractivity contribution in [1.82, 2.24) is 10.3 Å². The lowest BCUT2D eigenvalue weighted by Crippen LogP contribution is -2.31. The molecular formula is C13H21N3O2. The number of nitrogens with one attached hydrogen (secondary N) is 1. The third-order valence-electron chi connectivity index (χ3n) is 3.23. The molecule has 0 saturated carbocycles. The molecule has 1 N–H and O–H groups in total. The highest BCUT2D eigenvalue weighted by atomic mass is 16.6. The summed E-state index contributed by atoms with van der Waals surface area (Å²) in [7, 11) is 0. The number of aryl methyl sites for hydroxylation is 1. The first-order valence-corrected chi connectivity index (χ1v) is 6.31. The topological polar surface area (TPSA) is 68.1 Å². The van der Waals surface area contributed by atoms with E-state index in [-0.39, 0.29) is 22.6 Å². The minimum Gasteiger partial charge on any atom is -0.314 e. The standard InChI is InChI=1S/C13H21N3O2/c1-5-6-14-11(4)10(3)12-7-13(16(17)18)9(2)8-15-12/h7-8,10-11,14H,5-6H2,1-4H3. The number of hydrogen-bond donors (Lipinski definition) is 1. The van der Waals surface area contributed by atoms with Gasteiger partial charge in [0, 0.05) is 29.8 Å². The minimum atomic E-state index is -0.350. The van der Waals surface area contributed by atoms with Crippen molar-refractivity contribution in [3.05, 3.63) is 33.6 Å². The number of pyridine rings is 1. The van der Waals surface area contributed by atoms with Crippen LogP contribution in [0.4, 0.5) is 5.69 Å². The Morgan fingerprint density at radius 3 is 2.72 bits per heavy atom. The van der Waals surface area contributed by atoms with Crippen LogP contribution in [0.1, 0.15) is 44.4 Å². The summed E-state index contributed by atoms with van der Waals surface area (Å²) >= 11 is 0. The van der Waals surface area contributed by atoms with Crippen molar-refractivity contribution in [2.24, 2.45) is 0 Å². The van der Waals surface area contributed by atoms with Crippen LogP contribution in [0.25, 0.3) is 0 Å². The predicted octanol–water partition coefficient (Wildman–Crippen LogP) is 2.79. The highest BCUT2D eigenvalue weighted by Crippen LogP contribution is 2.23.